The Labute approximate surface area is 84.5 Å². The summed E-state index contributed by atoms with van der Waals surface area (Å²) in [6, 6.07) is 6.65. The number of hydrogen-bond acceptors (Lipinski definition) is 2. The molecule has 0 heterocycles. The second-order valence-electron chi connectivity index (χ2n) is 2.98. The maximum absolute atomic E-state index is 11.5. The molecule has 0 bridgehead atoms. The molecule has 4 heteroatoms. The number of rotatable bonds is 3. The molecule has 0 saturated carbocycles. The summed E-state index contributed by atoms with van der Waals surface area (Å²) >= 11 is 0. The van der Waals surface area contributed by atoms with Crippen molar-refractivity contribution in [3.05, 3.63) is 29.8 Å². The molecule has 0 radical (unpaired) electrons. The third-order valence-corrected chi connectivity index (χ3v) is 3.01. The lowest BCUT2D eigenvalue weighted by Crippen LogP contribution is -1.96. The van der Waals surface area contributed by atoms with Gasteiger partial charge in [0.1, 0.15) is 0 Å². The van der Waals surface area contributed by atoms with E-state index in [9.17, 15) is 8.42 Å². The van der Waals surface area contributed by atoms with E-state index in [1.54, 1.807) is 24.3 Å². The predicted octanol–water partition coefficient (Wildman–Crippen LogP) is 2.16. The molecular formula is C10H13NO2S. The van der Waals surface area contributed by atoms with Crippen LogP contribution in [0.2, 0.25) is 0 Å². The van der Waals surface area contributed by atoms with Gasteiger partial charge in [0, 0.05) is 6.21 Å². The van der Waals surface area contributed by atoms with E-state index in [0.29, 0.717) is 6.42 Å². The van der Waals surface area contributed by atoms with Crippen molar-refractivity contribution >= 4 is 16.2 Å². The first-order valence-electron chi connectivity index (χ1n) is 4.41. The zero-order chi connectivity index (χ0) is 10.6. The van der Waals surface area contributed by atoms with Crippen molar-refractivity contribution in [1.29, 1.82) is 0 Å². The van der Waals surface area contributed by atoms with Gasteiger partial charge in [0.05, 0.1) is 4.90 Å². The summed E-state index contributed by atoms with van der Waals surface area (Å²) in [5, 5.41) is 0. The topological polar surface area (TPSA) is 46.5 Å². The van der Waals surface area contributed by atoms with Crippen molar-refractivity contribution in [1.82, 2.24) is 0 Å². The van der Waals surface area contributed by atoms with Crippen molar-refractivity contribution in [2.45, 2.75) is 25.2 Å². The molecule has 0 atom stereocenters. The largest absolute Gasteiger partial charge is 0.281 e. The summed E-state index contributed by atoms with van der Waals surface area (Å²) in [4.78, 5) is 0.243. The van der Waals surface area contributed by atoms with Crippen molar-refractivity contribution in [3.63, 3.8) is 0 Å². The zero-order valence-electron chi connectivity index (χ0n) is 8.27. The fourth-order valence-electron chi connectivity index (χ4n) is 0.944. The predicted molar refractivity (Wildman–Crippen MR) is 57.1 cm³/mol. The molecule has 1 aromatic rings. The molecule has 0 amide bonds. The van der Waals surface area contributed by atoms with Gasteiger partial charge in [-0.25, -0.2) is 0 Å². The molecule has 0 aromatic heterocycles. The van der Waals surface area contributed by atoms with E-state index in [1.807, 2.05) is 13.8 Å². The summed E-state index contributed by atoms with van der Waals surface area (Å²) in [6.07, 6.45) is 2.01. The monoisotopic (exact) mass is 211 g/mol. The van der Waals surface area contributed by atoms with Crippen LogP contribution in [-0.4, -0.2) is 14.6 Å². The van der Waals surface area contributed by atoms with Crippen LogP contribution in [-0.2, 0) is 10.0 Å². The molecule has 0 spiro atoms. The molecule has 0 saturated heterocycles. The van der Waals surface area contributed by atoms with Gasteiger partial charge < -0.3 is 0 Å². The van der Waals surface area contributed by atoms with Gasteiger partial charge in [0.2, 0.25) is 0 Å². The lowest BCUT2D eigenvalue weighted by molar-refractivity contribution is 0.598. The summed E-state index contributed by atoms with van der Waals surface area (Å²) in [7, 11) is -3.47. The minimum Gasteiger partial charge on any atom is -0.199 e. The van der Waals surface area contributed by atoms with Crippen LogP contribution in [0.3, 0.4) is 0 Å². The number of hydrogen-bond donors (Lipinski definition) is 0. The fourth-order valence-corrected chi connectivity index (χ4v) is 1.89. The highest BCUT2D eigenvalue weighted by molar-refractivity contribution is 7.90. The van der Waals surface area contributed by atoms with Crippen LogP contribution in [0.15, 0.2) is 33.6 Å². The standard InChI is InChI=1S/C10H13NO2S/c1-3-8-11-14(12,13)10-6-4-9(2)5-7-10/h4-8H,3H2,1-2H3/b11-8+. The Balaban J connectivity index is 3.05. The van der Waals surface area contributed by atoms with Gasteiger partial charge in [-0.3, -0.25) is 0 Å². The number of benzene rings is 1. The third-order valence-electron chi connectivity index (χ3n) is 1.71. The summed E-state index contributed by atoms with van der Waals surface area (Å²) in [6.45, 7) is 3.75. The molecule has 0 aliphatic heterocycles. The molecule has 14 heavy (non-hydrogen) atoms. The Morgan fingerprint density at radius 2 is 1.86 bits per heavy atom. The van der Waals surface area contributed by atoms with Gasteiger partial charge in [-0.2, -0.15) is 12.8 Å². The van der Waals surface area contributed by atoms with E-state index in [2.05, 4.69) is 4.40 Å². The molecule has 76 valence electrons. The highest BCUT2D eigenvalue weighted by Crippen LogP contribution is 2.12. The molecule has 0 N–H and O–H groups in total. The van der Waals surface area contributed by atoms with Gasteiger partial charge in [0.15, 0.2) is 0 Å². The summed E-state index contributed by atoms with van der Waals surface area (Å²) in [5.41, 5.74) is 1.03. The van der Waals surface area contributed by atoms with Crippen LogP contribution < -0.4 is 0 Å². The summed E-state index contributed by atoms with van der Waals surface area (Å²) in [5.74, 6) is 0. The van der Waals surface area contributed by atoms with Gasteiger partial charge in [0.25, 0.3) is 10.0 Å². The van der Waals surface area contributed by atoms with Crippen LogP contribution in [0.5, 0.6) is 0 Å². The first-order valence-corrected chi connectivity index (χ1v) is 5.86. The SMILES string of the molecule is CC/C=N/S(=O)(=O)c1ccc(C)cc1. The van der Waals surface area contributed by atoms with E-state index in [0.717, 1.165) is 5.56 Å². The molecule has 0 unspecified atom stereocenters. The van der Waals surface area contributed by atoms with Crippen LogP contribution in [0.25, 0.3) is 0 Å². The highest BCUT2D eigenvalue weighted by atomic mass is 32.2. The minimum absolute atomic E-state index is 0.243. The smallest absolute Gasteiger partial charge is 0.199 e. The fraction of sp³-hybridized carbons (Fsp3) is 0.300. The second kappa shape index (κ2) is 4.37. The first-order chi connectivity index (χ1) is 6.56. The quantitative estimate of drug-likeness (QED) is 0.719. The second-order valence-corrected chi connectivity index (χ2v) is 4.62. The maximum Gasteiger partial charge on any atom is 0.281 e. The van der Waals surface area contributed by atoms with E-state index < -0.39 is 10.0 Å². The molecule has 1 rings (SSSR count). The molecular weight excluding hydrogens is 198 g/mol. The third kappa shape index (κ3) is 2.67. The average Bonchev–Trinajstić information content (AvgIpc) is 2.16. The van der Waals surface area contributed by atoms with Crippen molar-refractivity contribution < 1.29 is 8.42 Å². The summed E-state index contributed by atoms with van der Waals surface area (Å²) < 4.78 is 26.5. The lowest BCUT2D eigenvalue weighted by atomic mass is 10.2. The van der Waals surface area contributed by atoms with Gasteiger partial charge in [-0.05, 0) is 25.5 Å². The Kier molecular flexibility index (Phi) is 3.41. The van der Waals surface area contributed by atoms with E-state index in [-0.39, 0.29) is 4.90 Å². The average molecular weight is 211 g/mol. The maximum atomic E-state index is 11.5. The number of nitrogens with zero attached hydrogens (tertiary/aromatic N) is 1. The highest BCUT2D eigenvalue weighted by Gasteiger charge is 2.09. The Hall–Kier alpha value is -1.16. The molecule has 1 aromatic carbocycles. The van der Waals surface area contributed by atoms with Crippen molar-refractivity contribution in [2.24, 2.45) is 4.40 Å². The normalized spacial score (nSPS) is 12.1. The molecule has 3 nitrogen and oxygen atoms in total. The van der Waals surface area contributed by atoms with Gasteiger partial charge in [-0.1, -0.05) is 24.6 Å². The van der Waals surface area contributed by atoms with Crippen LogP contribution in [0.1, 0.15) is 18.9 Å². The van der Waals surface area contributed by atoms with Crippen LogP contribution >= 0.6 is 0 Å². The van der Waals surface area contributed by atoms with Crippen LogP contribution in [0, 0.1) is 6.92 Å². The number of sulfonamides is 1. The van der Waals surface area contributed by atoms with Crippen molar-refractivity contribution in [3.8, 4) is 0 Å². The van der Waals surface area contributed by atoms with E-state index in [4.69, 9.17) is 0 Å². The Bertz CT molecular complexity index is 418. The van der Waals surface area contributed by atoms with Gasteiger partial charge >= 0.3 is 0 Å². The molecule has 0 aliphatic rings. The van der Waals surface area contributed by atoms with Crippen LogP contribution in [0.4, 0.5) is 0 Å². The first kappa shape index (κ1) is 10.9. The Morgan fingerprint density at radius 3 is 2.36 bits per heavy atom. The molecule has 0 aliphatic carbocycles. The zero-order valence-corrected chi connectivity index (χ0v) is 9.08. The van der Waals surface area contributed by atoms with E-state index in [1.165, 1.54) is 6.21 Å². The van der Waals surface area contributed by atoms with Crippen molar-refractivity contribution in [2.75, 3.05) is 0 Å². The molecule has 0 fully saturated rings. The minimum atomic E-state index is -3.47. The van der Waals surface area contributed by atoms with Gasteiger partial charge in [-0.15, -0.1) is 0 Å². The Morgan fingerprint density at radius 1 is 1.29 bits per heavy atom. The number of aryl methyl sites for hydroxylation is 1. The lowest BCUT2D eigenvalue weighted by Gasteiger charge is -1.98. The van der Waals surface area contributed by atoms with E-state index >= 15 is 0 Å².